The lowest BCUT2D eigenvalue weighted by Gasteiger charge is -2.00. The highest BCUT2D eigenvalue weighted by Gasteiger charge is 2.01. The number of carbonyl (C=O) groups is 1. The molecule has 1 N–H and O–H groups in total. The molecule has 1 heterocycles. The fraction of sp³-hybridized carbons (Fsp3) is 0.500. The Labute approximate surface area is 88.1 Å². The lowest BCUT2D eigenvalue weighted by Crippen LogP contribution is -2.22. The van der Waals surface area contributed by atoms with Crippen LogP contribution in [0.1, 0.15) is 16.7 Å². The molecule has 0 aliphatic rings. The molecule has 0 fully saturated rings. The van der Waals surface area contributed by atoms with Crippen molar-refractivity contribution >= 4 is 17.3 Å². The van der Waals surface area contributed by atoms with E-state index in [0.29, 0.717) is 0 Å². The highest BCUT2D eigenvalue weighted by molar-refractivity contribution is 7.11. The molecule has 0 amide bonds. The van der Waals surface area contributed by atoms with E-state index in [2.05, 4.69) is 29.1 Å². The average molecular weight is 213 g/mol. The van der Waals surface area contributed by atoms with E-state index in [-0.39, 0.29) is 12.5 Å². The summed E-state index contributed by atoms with van der Waals surface area (Å²) in [5.41, 5.74) is 0. The van der Waals surface area contributed by atoms with Gasteiger partial charge in [-0.25, -0.2) is 0 Å². The van der Waals surface area contributed by atoms with Gasteiger partial charge in [0, 0.05) is 16.3 Å². The fourth-order valence-electron chi connectivity index (χ4n) is 1.07. The average Bonchev–Trinajstić information content (AvgIpc) is 2.65. The van der Waals surface area contributed by atoms with Crippen LogP contribution in [0.15, 0.2) is 12.1 Å². The summed E-state index contributed by atoms with van der Waals surface area (Å²) in [7, 11) is 1.39. The van der Waals surface area contributed by atoms with Crippen LogP contribution in [-0.4, -0.2) is 19.6 Å². The molecule has 0 atom stereocenters. The molecule has 0 aliphatic heterocycles. The van der Waals surface area contributed by atoms with Crippen molar-refractivity contribution in [1.29, 1.82) is 0 Å². The van der Waals surface area contributed by atoms with E-state index in [1.54, 1.807) is 11.3 Å². The molecule has 0 bridgehead atoms. The number of ether oxygens (including phenoxy) is 1. The zero-order valence-electron chi connectivity index (χ0n) is 8.50. The first-order valence-electron chi connectivity index (χ1n) is 4.61. The molecule has 0 saturated carbocycles. The van der Waals surface area contributed by atoms with Crippen molar-refractivity contribution in [3.63, 3.8) is 0 Å². The van der Waals surface area contributed by atoms with Gasteiger partial charge in [0.15, 0.2) is 0 Å². The van der Waals surface area contributed by atoms with Gasteiger partial charge in [-0.3, -0.25) is 4.79 Å². The first kappa shape index (κ1) is 11.2. The van der Waals surface area contributed by atoms with E-state index >= 15 is 0 Å². The summed E-state index contributed by atoms with van der Waals surface area (Å²) in [4.78, 5) is 13.4. The third-order valence-corrected chi connectivity index (χ3v) is 3.09. The van der Waals surface area contributed by atoms with Gasteiger partial charge < -0.3 is 10.1 Å². The van der Waals surface area contributed by atoms with Crippen LogP contribution in [0.5, 0.6) is 0 Å². The Balaban J connectivity index is 2.27. The van der Waals surface area contributed by atoms with Gasteiger partial charge in [-0.05, 0) is 18.6 Å². The number of hydrogen-bond acceptors (Lipinski definition) is 4. The van der Waals surface area contributed by atoms with E-state index in [9.17, 15) is 4.79 Å². The smallest absolute Gasteiger partial charge is 0.319 e. The minimum Gasteiger partial charge on any atom is -0.468 e. The Morgan fingerprint density at radius 1 is 1.50 bits per heavy atom. The molecule has 3 nitrogen and oxygen atoms in total. The molecule has 0 unspecified atom stereocenters. The first-order valence-corrected chi connectivity index (χ1v) is 5.43. The molecule has 0 radical (unpaired) electrons. The number of methoxy groups -OCH3 is 1. The lowest BCUT2D eigenvalue weighted by molar-refractivity contribution is -0.139. The van der Waals surface area contributed by atoms with E-state index in [4.69, 9.17) is 0 Å². The predicted molar refractivity (Wildman–Crippen MR) is 57.4 cm³/mol. The predicted octanol–water partition coefficient (Wildman–Crippen LogP) is 1.57. The van der Waals surface area contributed by atoms with Gasteiger partial charge in [0.05, 0.1) is 13.7 Å². The highest BCUT2D eigenvalue weighted by atomic mass is 32.1. The Bertz CT molecular complexity index is 296. The highest BCUT2D eigenvalue weighted by Crippen LogP contribution is 2.16. The van der Waals surface area contributed by atoms with Gasteiger partial charge in [-0.15, -0.1) is 11.3 Å². The van der Waals surface area contributed by atoms with Gasteiger partial charge in [0.2, 0.25) is 0 Å². The zero-order valence-corrected chi connectivity index (χ0v) is 9.32. The minimum atomic E-state index is -0.225. The molecular formula is C10H15NO2S. The van der Waals surface area contributed by atoms with Crippen LogP contribution in [0, 0.1) is 0 Å². The number of esters is 1. The van der Waals surface area contributed by atoms with E-state index < -0.39 is 0 Å². The third-order valence-electron chi connectivity index (χ3n) is 1.86. The van der Waals surface area contributed by atoms with Crippen molar-refractivity contribution in [3.8, 4) is 0 Å². The Morgan fingerprint density at radius 2 is 2.21 bits per heavy atom. The van der Waals surface area contributed by atoms with Crippen LogP contribution in [-0.2, 0) is 22.5 Å². The van der Waals surface area contributed by atoms with Crippen LogP contribution >= 0.6 is 11.3 Å². The molecule has 4 heteroatoms. The van der Waals surface area contributed by atoms with Crippen molar-refractivity contribution in [3.05, 3.63) is 21.9 Å². The summed E-state index contributed by atoms with van der Waals surface area (Å²) in [5, 5.41) is 3.03. The number of hydrogen-bond donors (Lipinski definition) is 1. The van der Waals surface area contributed by atoms with Gasteiger partial charge in [-0.2, -0.15) is 0 Å². The second-order valence-corrected chi connectivity index (χ2v) is 4.15. The third kappa shape index (κ3) is 3.47. The number of rotatable bonds is 5. The second kappa shape index (κ2) is 5.78. The number of nitrogens with one attached hydrogen (secondary N) is 1. The molecule has 1 aromatic rings. The van der Waals surface area contributed by atoms with E-state index in [1.165, 1.54) is 16.9 Å². The molecule has 0 saturated heterocycles. The van der Waals surface area contributed by atoms with Gasteiger partial charge in [-0.1, -0.05) is 6.92 Å². The van der Waals surface area contributed by atoms with Crippen LogP contribution in [0.25, 0.3) is 0 Å². The van der Waals surface area contributed by atoms with Crippen LogP contribution in [0.4, 0.5) is 0 Å². The maximum absolute atomic E-state index is 10.8. The SMILES string of the molecule is CCc1ccc(CNCC(=O)OC)s1. The maximum atomic E-state index is 10.8. The van der Waals surface area contributed by atoms with Crippen LogP contribution < -0.4 is 5.32 Å². The van der Waals surface area contributed by atoms with Gasteiger partial charge >= 0.3 is 5.97 Å². The second-order valence-electron chi connectivity index (χ2n) is 2.90. The zero-order chi connectivity index (χ0) is 10.4. The molecule has 1 rings (SSSR count). The number of carbonyl (C=O) groups excluding carboxylic acids is 1. The molecule has 0 aliphatic carbocycles. The molecule has 0 spiro atoms. The first-order chi connectivity index (χ1) is 6.76. The monoisotopic (exact) mass is 213 g/mol. The fourth-order valence-corrected chi connectivity index (χ4v) is 1.99. The van der Waals surface area contributed by atoms with Gasteiger partial charge in [0.1, 0.15) is 0 Å². The molecular weight excluding hydrogens is 198 g/mol. The summed E-state index contributed by atoms with van der Waals surface area (Å²) < 4.78 is 4.52. The summed E-state index contributed by atoms with van der Waals surface area (Å²) in [6.07, 6.45) is 1.07. The van der Waals surface area contributed by atoms with Crippen molar-refractivity contribution < 1.29 is 9.53 Å². The summed E-state index contributed by atoms with van der Waals surface area (Å²) in [6, 6.07) is 4.22. The summed E-state index contributed by atoms with van der Waals surface area (Å²) in [6.45, 7) is 3.15. The summed E-state index contributed by atoms with van der Waals surface area (Å²) >= 11 is 1.78. The maximum Gasteiger partial charge on any atom is 0.319 e. The number of aryl methyl sites for hydroxylation is 1. The van der Waals surface area contributed by atoms with Crippen molar-refractivity contribution in [2.24, 2.45) is 0 Å². The standard InChI is InChI=1S/C10H15NO2S/c1-3-8-4-5-9(14-8)6-11-7-10(12)13-2/h4-5,11H,3,6-7H2,1-2H3. The molecule has 0 aromatic carbocycles. The van der Waals surface area contributed by atoms with Crippen molar-refractivity contribution in [2.45, 2.75) is 19.9 Å². The van der Waals surface area contributed by atoms with Crippen LogP contribution in [0.3, 0.4) is 0 Å². The molecule has 1 aromatic heterocycles. The van der Waals surface area contributed by atoms with E-state index in [1.807, 2.05) is 0 Å². The van der Waals surface area contributed by atoms with Crippen LogP contribution in [0.2, 0.25) is 0 Å². The lowest BCUT2D eigenvalue weighted by atomic mass is 10.3. The largest absolute Gasteiger partial charge is 0.468 e. The normalized spacial score (nSPS) is 10.1. The topological polar surface area (TPSA) is 38.3 Å². The minimum absolute atomic E-state index is 0.225. The Hall–Kier alpha value is -0.870. The van der Waals surface area contributed by atoms with Crippen molar-refractivity contribution in [1.82, 2.24) is 5.32 Å². The summed E-state index contributed by atoms with van der Waals surface area (Å²) in [5.74, 6) is -0.225. The molecule has 14 heavy (non-hydrogen) atoms. The quantitative estimate of drug-likeness (QED) is 0.755. The number of thiophene rings is 1. The molecule has 78 valence electrons. The Morgan fingerprint density at radius 3 is 2.79 bits per heavy atom. The van der Waals surface area contributed by atoms with E-state index in [0.717, 1.165) is 13.0 Å². The Kier molecular flexibility index (Phi) is 4.62. The van der Waals surface area contributed by atoms with Gasteiger partial charge in [0.25, 0.3) is 0 Å². The van der Waals surface area contributed by atoms with Crippen molar-refractivity contribution in [2.75, 3.05) is 13.7 Å².